The fourth-order valence-corrected chi connectivity index (χ4v) is 2.98. The minimum Gasteiger partial charge on any atom is -0.335 e. The van der Waals surface area contributed by atoms with Gasteiger partial charge >= 0.3 is 0 Å². The lowest BCUT2D eigenvalue weighted by Gasteiger charge is -2.25. The number of hydrogen-bond acceptors (Lipinski definition) is 2. The van der Waals surface area contributed by atoms with Gasteiger partial charge in [0.2, 0.25) is 0 Å². The molecule has 0 bridgehead atoms. The zero-order valence-corrected chi connectivity index (χ0v) is 13.2. The molecule has 5 heteroatoms. The minimum atomic E-state index is 0.128. The van der Waals surface area contributed by atoms with Crippen LogP contribution >= 0.6 is 49.9 Å². The fourth-order valence-electron chi connectivity index (χ4n) is 1.27. The number of carbonyl (C=O) groups excluding carboxylic acids is 1. The van der Waals surface area contributed by atoms with Crippen molar-refractivity contribution in [3.05, 3.63) is 19.9 Å². The predicted molar refractivity (Wildman–Crippen MR) is 77.0 cm³/mol. The Kier molecular flexibility index (Phi) is 5.56. The van der Waals surface area contributed by atoms with E-state index >= 15 is 0 Å². The summed E-state index contributed by atoms with van der Waals surface area (Å²) in [4.78, 5) is 14.0. The van der Waals surface area contributed by atoms with Crippen LogP contribution in [-0.2, 0) is 0 Å². The van der Waals surface area contributed by atoms with Gasteiger partial charge < -0.3 is 4.90 Å². The van der Waals surface area contributed by atoms with Crippen LogP contribution in [0.5, 0.6) is 0 Å². The first-order valence-corrected chi connectivity index (χ1v) is 7.75. The molecule has 0 N–H and O–H groups in total. The van der Waals surface area contributed by atoms with E-state index in [0.717, 1.165) is 20.3 Å². The van der Waals surface area contributed by atoms with Gasteiger partial charge in [0.25, 0.3) is 5.91 Å². The second-order valence-corrected chi connectivity index (χ2v) is 7.02. The highest BCUT2D eigenvalue weighted by atomic mass is 127. The highest BCUT2D eigenvalue weighted by Crippen LogP contribution is 2.19. The van der Waals surface area contributed by atoms with E-state index in [2.05, 4.69) is 38.5 Å². The molecule has 1 aromatic heterocycles. The summed E-state index contributed by atoms with van der Waals surface area (Å²) < 4.78 is 1.15. The molecule has 0 aliphatic carbocycles. The smallest absolute Gasteiger partial charge is 0.254 e. The highest BCUT2D eigenvalue weighted by molar-refractivity contribution is 14.1. The maximum atomic E-state index is 12.1. The van der Waals surface area contributed by atoms with Gasteiger partial charge in [-0.25, -0.2) is 0 Å². The standard InChI is InChI=1S/C10H13BrINOS/c1-7(2)13(4-3-11)10(14)8-5-9(12)15-6-8/h5-7H,3-4H2,1-2H3. The van der Waals surface area contributed by atoms with E-state index in [4.69, 9.17) is 0 Å². The Morgan fingerprint density at radius 1 is 1.67 bits per heavy atom. The summed E-state index contributed by atoms with van der Waals surface area (Å²) in [6.45, 7) is 4.83. The predicted octanol–water partition coefficient (Wildman–Crippen LogP) is 3.60. The molecule has 0 aliphatic heterocycles. The Hall–Kier alpha value is 0.380. The quantitative estimate of drug-likeness (QED) is 0.557. The second-order valence-electron chi connectivity index (χ2n) is 3.42. The van der Waals surface area contributed by atoms with Gasteiger partial charge in [-0.05, 0) is 42.5 Å². The Bertz CT molecular complexity index is 340. The van der Waals surface area contributed by atoms with E-state index in [1.807, 2.05) is 30.2 Å². The first-order valence-electron chi connectivity index (χ1n) is 4.67. The van der Waals surface area contributed by atoms with Gasteiger partial charge in [0, 0.05) is 23.3 Å². The zero-order valence-electron chi connectivity index (χ0n) is 8.67. The third-order valence-corrected chi connectivity index (χ3v) is 4.17. The maximum absolute atomic E-state index is 12.1. The molecule has 1 rings (SSSR count). The molecule has 0 spiro atoms. The van der Waals surface area contributed by atoms with Crippen molar-refractivity contribution in [2.24, 2.45) is 0 Å². The Morgan fingerprint density at radius 2 is 2.33 bits per heavy atom. The van der Waals surface area contributed by atoms with Gasteiger partial charge in [-0.2, -0.15) is 0 Å². The molecular formula is C10H13BrINOS. The van der Waals surface area contributed by atoms with E-state index in [1.165, 1.54) is 0 Å². The Morgan fingerprint density at radius 3 is 2.73 bits per heavy atom. The molecule has 15 heavy (non-hydrogen) atoms. The van der Waals surface area contributed by atoms with Crippen LogP contribution in [0.1, 0.15) is 24.2 Å². The third-order valence-electron chi connectivity index (χ3n) is 2.02. The lowest BCUT2D eigenvalue weighted by atomic mass is 10.2. The monoisotopic (exact) mass is 401 g/mol. The van der Waals surface area contributed by atoms with Crippen molar-refractivity contribution in [1.82, 2.24) is 4.90 Å². The number of hydrogen-bond donors (Lipinski definition) is 0. The molecule has 2 nitrogen and oxygen atoms in total. The Balaban J connectivity index is 2.80. The average molecular weight is 402 g/mol. The normalized spacial score (nSPS) is 10.7. The summed E-state index contributed by atoms with van der Waals surface area (Å²) in [5.41, 5.74) is 0.805. The Labute approximate surface area is 116 Å². The second kappa shape index (κ2) is 6.20. The van der Waals surface area contributed by atoms with Crippen molar-refractivity contribution >= 4 is 55.8 Å². The molecule has 0 aromatic carbocycles. The third kappa shape index (κ3) is 3.71. The topological polar surface area (TPSA) is 20.3 Å². The van der Waals surface area contributed by atoms with E-state index < -0.39 is 0 Å². The van der Waals surface area contributed by atoms with Crippen molar-refractivity contribution in [2.45, 2.75) is 19.9 Å². The summed E-state index contributed by atoms with van der Waals surface area (Å²) >= 11 is 7.21. The van der Waals surface area contributed by atoms with Crippen molar-refractivity contribution < 1.29 is 4.79 Å². The van der Waals surface area contributed by atoms with Crippen LogP contribution in [0.4, 0.5) is 0 Å². The molecule has 0 radical (unpaired) electrons. The molecule has 0 fully saturated rings. The largest absolute Gasteiger partial charge is 0.335 e. The number of nitrogens with zero attached hydrogens (tertiary/aromatic N) is 1. The lowest BCUT2D eigenvalue weighted by Crippen LogP contribution is -2.38. The molecule has 0 unspecified atom stereocenters. The number of rotatable bonds is 4. The molecule has 1 aromatic rings. The van der Waals surface area contributed by atoms with Crippen LogP contribution < -0.4 is 0 Å². The van der Waals surface area contributed by atoms with Crippen molar-refractivity contribution in [3.63, 3.8) is 0 Å². The number of amides is 1. The summed E-state index contributed by atoms with van der Waals surface area (Å²) in [6.07, 6.45) is 0. The van der Waals surface area contributed by atoms with E-state index in [1.54, 1.807) is 11.3 Å². The molecule has 84 valence electrons. The number of alkyl halides is 1. The number of halogens is 2. The van der Waals surface area contributed by atoms with Gasteiger partial charge in [0.1, 0.15) is 0 Å². The summed E-state index contributed by atoms with van der Waals surface area (Å²) in [7, 11) is 0. The number of thiophene rings is 1. The van der Waals surface area contributed by atoms with E-state index in [-0.39, 0.29) is 11.9 Å². The van der Waals surface area contributed by atoms with Gasteiger partial charge in [0.15, 0.2) is 0 Å². The molecule has 1 heterocycles. The van der Waals surface area contributed by atoms with Gasteiger partial charge in [0.05, 0.1) is 8.45 Å². The van der Waals surface area contributed by atoms with Crippen LogP contribution in [0, 0.1) is 2.88 Å². The molecule has 0 saturated carbocycles. The molecule has 1 amide bonds. The van der Waals surface area contributed by atoms with E-state index in [0.29, 0.717) is 0 Å². The highest BCUT2D eigenvalue weighted by Gasteiger charge is 2.18. The minimum absolute atomic E-state index is 0.128. The van der Waals surface area contributed by atoms with E-state index in [9.17, 15) is 4.79 Å². The summed E-state index contributed by atoms with van der Waals surface area (Å²) in [5.74, 6) is 0.128. The maximum Gasteiger partial charge on any atom is 0.254 e. The molecular weight excluding hydrogens is 389 g/mol. The average Bonchev–Trinajstić information content (AvgIpc) is 2.59. The van der Waals surface area contributed by atoms with Crippen LogP contribution in [0.3, 0.4) is 0 Å². The van der Waals surface area contributed by atoms with Crippen molar-refractivity contribution in [1.29, 1.82) is 0 Å². The summed E-state index contributed by atoms with van der Waals surface area (Å²) in [6, 6.07) is 2.18. The van der Waals surface area contributed by atoms with Crippen molar-refractivity contribution in [2.75, 3.05) is 11.9 Å². The van der Waals surface area contributed by atoms with Gasteiger partial charge in [-0.15, -0.1) is 11.3 Å². The number of carbonyl (C=O) groups is 1. The zero-order chi connectivity index (χ0) is 11.4. The van der Waals surface area contributed by atoms with Crippen LogP contribution in [0.25, 0.3) is 0 Å². The lowest BCUT2D eigenvalue weighted by molar-refractivity contribution is 0.0720. The first-order chi connectivity index (χ1) is 7.06. The molecule has 0 saturated heterocycles. The van der Waals surface area contributed by atoms with Crippen LogP contribution in [0.2, 0.25) is 0 Å². The molecule has 0 aliphatic rings. The van der Waals surface area contributed by atoms with Gasteiger partial charge in [-0.1, -0.05) is 15.9 Å². The van der Waals surface area contributed by atoms with Crippen LogP contribution in [-0.4, -0.2) is 28.7 Å². The summed E-state index contributed by atoms with van der Waals surface area (Å²) in [5, 5.41) is 2.74. The molecule has 0 atom stereocenters. The van der Waals surface area contributed by atoms with Crippen LogP contribution in [0.15, 0.2) is 11.4 Å². The van der Waals surface area contributed by atoms with Crippen molar-refractivity contribution in [3.8, 4) is 0 Å². The van der Waals surface area contributed by atoms with Gasteiger partial charge in [-0.3, -0.25) is 4.79 Å². The SMILES string of the molecule is CC(C)N(CCBr)C(=O)c1csc(I)c1. The fraction of sp³-hybridized carbons (Fsp3) is 0.500. The first kappa shape index (κ1) is 13.4.